The van der Waals surface area contributed by atoms with Crippen LogP contribution in [0, 0.1) is 0 Å². The van der Waals surface area contributed by atoms with Crippen molar-refractivity contribution < 1.29 is 24.0 Å². The monoisotopic (exact) mass is 436 g/mol. The molecule has 3 amide bonds. The van der Waals surface area contributed by atoms with Crippen LogP contribution < -0.4 is 10.1 Å². The predicted molar refractivity (Wildman–Crippen MR) is 113 cm³/mol. The Balaban J connectivity index is 1.79. The van der Waals surface area contributed by atoms with Crippen LogP contribution in [-0.4, -0.2) is 88.6 Å². The van der Waals surface area contributed by atoms with Crippen molar-refractivity contribution in [1.82, 2.24) is 15.1 Å². The number of guanidine groups is 1. The van der Waals surface area contributed by atoms with Crippen molar-refractivity contribution >= 4 is 35.3 Å². The maximum atomic E-state index is 12.9. The van der Waals surface area contributed by atoms with Gasteiger partial charge in [-0.2, -0.15) is 0 Å². The molecule has 3 atom stereocenters. The number of amides is 3. The van der Waals surface area contributed by atoms with E-state index in [1.165, 1.54) is 11.9 Å². The van der Waals surface area contributed by atoms with Crippen molar-refractivity contribution in [2.24, 2.45) is 4.99 Å². The van der Waals surface area contributed by atoms with E-state index in [-0.39, 0.29) is 25.1 Å². The van der Waals surface area contributed by atoms with Gasteiger partial charge in [-0.3, -0.25) is 19.9 Å². The summed E-state index contributed by atoms with van der Waals surface area (Å²) in [6.45, 7) is 4.15. The number of nitrogens with one attached hydrogen (secondary N) is 1. The normalized spacial score (nSPS) is 20.9. The van der Waals surface area contributed by atoms with Gasteiger partial charge in [-0.15, -0.1) is 0 Å². The van der Waals surface area contributed by atoms with Crippen molar-refractivity contribution in [2.75, 3.05) is 27.2 Å². The molecule has 0 aromatic heterocycles. The smallest absolute Gasteiger partial charge is 0.390 e. The third kappa shape index (κ3) is 4.41. The molecule has 9 nitrogen and oxygen atoms in total. The summed E-state index contributed by atoms with van der Waals surface area (Å²) >= 11 is 5.87. The predicted octanol–water partition coefficient (Wildman–Crippen LogP) is 1.14. The van der Waals surface area contributed by atoms with Crippen LogP contribution in [0.5, 0.6) is 5.75 Å². The Hall–Kier alpha value is -2.65. The minimum atomic E-state index is -0.898. The molecule has 162 valence electrons. The average molecular weight is 437 g/mol. The number of aliphatic imine (C=N–C) groups is 1. The van der Waals surface area contributed by atoms with E-state index >= 15 is 0 Å². The molecule has 3 rings (SSSR count). The lowest BCUT2D eigenvalue weighted by Gasteiger charge is -2.32. The Kier molecular flexibility index (Phi) is 6.62. The van der Waals surface area contributed by atoms with Crippen LogP contribution in [0.2, 0.25) is 5.02 Å². The minimum absolute atomic E-state index is 0.0234. The lowest BCUT2D eigenvalue weighted by atomic mass is 10.1. The Bertz CT molecular complexity index is 886. The maximum absolute atomic E-state index is 12.9. The zero-order valence-electron chi connectivity index (χ0n) is 17.5. The number of benzene rings is 1. The van der Waals surface area contributed by atoms with E-state index in [0.717, 1.165) is 11.3 Å². The highest BCUT2D eigenvalue weighted by atomic mass is 35.5. The fourth-order valence-electron chi connectivity index (χ4n) is 3.23. The number of urea groups is 1. The summed E-state index contributed by atoms with van der Waals surface area (Å²) in [5, 5.41) is 14.5. The van der Waals surface area contributed by atoms with Gasteiger partial charge in [0.1, 0.15) is 18.5 Å². The summed E-state index contributed by atoms with van der Waals surface area (Å²) in [4.78, 5) is 32.1. The number of hydrogen-bond acceptors (Lipinski definition) is 6. The first kappa shape index (κ1) is 22.0. The van der Waals surface area contributed by atoms with Crippen LogP contribution in [0.1, 0.15) is 20.3 Å². The first-order chi connectivity index (χ1) is 14.2. The summed E-state index contributed by atoms with van der Waals surface area (Å²) in [5.74, 6) is 0.999. The van der Waals surface area contributed by atoms with E-state index in [1.54, 1.807) is 35.9 Å². The van der Waals surface area contributed by atoms with Gasteiger partial charge >= 0.3 is 12.0 Å². The van der Waals surface area contributed by atoms with Gasteiger partial charge in [0.15, 0.2) is 0 Å². The number of imide groups is 1. The number of aliphatic hydroxyl groups excluding tert-OH is 1. The van der Waals surface area contributed by atoms with E-state index < -0.39 is 18.2 Å². The Morgan fingerprint density at radius 2 is 1.93 bits per heavy atom. The number of hydrogen-bond donors (Lipinski definition) is 2. The molecule has 2 heterocycles. The summed E-state index contributed by atoms with van der Waals surface area (Å²) in [7, 11) is 3.03. The van der Waals surface area contributed by atoms with E-state index in [4.69, 9.17) is 16.3 Å². The number of ether oxygens (including phenoxy) is 1. The topological polar surface area (TPSA) is 97.5 Å². The molecule has 1 saturated heterocycles. The fraction of sp³-hybridized carbons (Fsp3) is 0.500. The molecule has 2 N–H and O–H groups in total. The largest absolute Gasteiger partial charge is 0.491 e. The van der Waals surface area contributed by atoms with Crippen molar-refractivity contribution in [3.63, 3.8) is 0 Å². The van der Waals surface area contributed by atoms with E-state index in [2.05, 4.69) is 10.3 Å². The van der Waals surface area contributed by atoms with Gasteiger partial charge < -0.3 is 9.84 Å². The first-order valence-electron chi connectivity index (χ1n) is 9.83. The number of rotatable bonds is 7. The molecule has 1 aromatic rings. The van der Waals surface area contributed by atoms with Gasteiger partial charge in [0, 0.05) is 19.1 Å². The van der Waals surface area contributed by atoms with Crippen LogP contribution in [0.15, 0.2) is 29.3 Å². The maximum Gasteiger partial charge on any atom is 0.390 e. The molecule has 3 unspecified atom stereocenters. The second kappa shape index (κ2) is 9.01. The quantitative estimate of drug-likeness (QED) is 0.625. The van der Waals surface area contributed by atoms with Crippen molar-refractivity contribution in [3.05, 3.63) is 29.3 Å². The molecule has 2 aliphatic rings. The van der Waals surface area contributed by atoms with E-state index in [1.807, 2.05) is 13.8 Å². The lowest BCUT2D eigenvalue weighted by Crippen LogP contribution is -2.62. The number of nitrogens with zero attached hydrogens (tertiary/aromatic N) is 4. The number of fused-ring (bicyclic) bond motifs is 1. The Morgan fingerprint density at radius 3 is 2.57 bits per heavy atom. The summed E-state index contributed by atoms with van der Waals surface area (Å²) in [5.41, 5.74) is 0. The summed E-state index contributed by atoms with van der Waals surface area (Å²) in [6.07, 6.45) is -0.0532. The van der Waals surface area contributed by atoms with Gasteiger partial charge in [-0.1, -0.05) is 23.5 Å². The highest BCUT2D eigenvalue weighted by Gasteiger charge is 2.51. The molecular formula is C20H27ClN5O4+. The molecule has 10 heteroatoms. The third-order valence-corrected chi connectivity index (χ3v) is 5.43. The highest BCUT2D eigenvalue weighted by molar-refractivity contribution is 6.30. The standard InChI is InChI=1S/C20H26ClN5O4/c1-5-12(2)22-19-23-17-16(18(28)25(4)20(29)24(17)3)26(19)10-14(27)11-30-15-8-6-13(21)7-9-15/h6-9,12,14,16,27H,5,10-11H2,1-4H3/p+1. The van der Waals surface area contributed by atoms with Crippen LogP contribution >= 0.6 is 11.6 Å². The van der Waals surface area contributed by atoms with Crippen molar-refractivity contribution in [3.8, 4) is 5.75 Å². The minimum Gasteiger partial charge on any atom is -0.491 e. The van der Waals surface area contributed by atoms with Gasteiger partial charge in [0.05, 0.1) is 12.6 Å². The molecule has 30 heavy (non-hydrogen) atoms. The number of aliphatic hydroxyl groups is 1. The number of halogens is 1. The van der Waals surface area contributed by atoms with Crippen molar-refractivity contribution in [1.29, 1.82) is 0 Å². The average Bonchev–Trinajstić information content (AvgIpc) is 3.08. The molecule has 0 bridgehead atoms. The first-order valence-corrected chi connectivity index (χ1v) is 10.2. The molecule has 1 fully saturated rings. The molecule has 0 spiro atoms. The Morgan fingerprint density at radius 1 is 1.27 bits per heavy atom. The van der Waals surface area contributed by atoms with E-state index in [9.17, 15) is 14.7 Å². The number of amidine groups is 1. The number of likely N-dealkylation sites (N-methyl/N-ethyl adjacent to an activating group) is 2. The second-order valence-corrected chi connectivity index (χ2v) is 7.90. The SMILES string of the molecule is CCC(C)NC1=[N+](CC(O)COc2ccc(Cl)cc2)C2C(=O)N(C)C(=O)N(C)C2=N1. The molecular weight excluding hydrogens is 410 g/mol. The zero-order valence-corrected chi connectivity index (χ0v) is 18.3. The fourth-order valence-corrected chi connectivity index (χ4v) is 3.36. The molecule has 0 saturated carbocycles. The Labute approximate surface area is 180 Å². The van der Waals surface area contributed by atoms with Gasteiger partial charge in [0.25, 0.3) is 5.91 Å². The van der Waals surface area contributed by atoms with Gasteiger partial charge in [0.2, 0.25) is 11.9 Å². The number of carbonyl (C=O) groups is 2. The number of carbonyl (C=O) groups excluding carboxylic acids is 2. The lowest BCUT2D eigenvalue weighted by molar-refractivity contribution is -0.546. The second-order valence-electron chi connectivity index (χ2n) is 7.46. The van der Waals surface area contributed by atoms with Crippen LogP contribution in [0.25, 0.3) is 0 Å². The van der Waals surface area contributed by atoms with Gasteiger partial charge in [-0.25, -0.2) is 9.37 Å². The number of β-amino-alcohol motifs (C(OH)–C–C–N with tert-alkyl or cyclic N) is 1. The van der Waals surface area contributed by atoms with E-state index in [0.29, 0.717) is 22.6 Å². The molecule has 0 radical (unpaired) electrons. The highest BCUT2D eigenvalue weighted by Crippen LogP contribution is 2.20. The third-order valence-electron chi connectivity index (χ3n) is 5.18. The summed E-state index contributed by atoms with van der Waals surface area (Å²) < 4.78 is 7.32. The molecule has 0 aliphatic carbocycles. The van der Waals surface area contributed by atoms with Crippen LogP contribution in [0.3, 0.4) is 0 Å². The molecule has 1 aromatic carbocycles. The van der Waals surface area contributed by atoms with Gasteiger partial charge in [-0.05, 0) is 37.6 Å². The molecule has 2 aliphatic heterocycles. The summed E-state index contributed by atoms with van der Waals surface area (Å²) in [6, 6.07) is 5.72. The van der Waals surface area contributed by atoms with Crippen LogP contribution in [-0.2, 0) is 4.79 Å². The van der Waals surface area contributed by atoms with Crippen LogP contribution in [0.4, 0.5) is 4.79 Å². The zero-order chi connectivity index (χ0) is 22.0. The van der Waals surface area contributed by atoms with Crippen molar-refractivity contribution in [2.45, 2.75) is 38.5 Å².